The fourth-order valence-electron chi connectivity index (χ4n) is 2.84. The standard InChI is InChI=1S/C18H17Br2ClN2/c19-11-4-6-16(21)15(10-11)18-13(3-1-2-8-22)14-9-12(20)5-7-17(14)23-18/h4-7,9-10,23H,1-3,8,22H2. The van der Waals surface area contributed by atoms with Gasteiger partial charge in [-0.15, -0.1) is 0 Å². The number of rotatable bonds is 5. The molecule has 0 fully saturated rings. The molecule has 0 bridgehead atoms. The van der Waals surface area contributed by atoms with E-state index in [9.17, 15) is 0 Å². The van der Waals surface area contributed by atoms with E-state index in [-0.39, 0.29) is 0 Å². The third kappa shape index (κ3) is 3.66. The zero-order valence-corrected chi connectivity index (χ0v) is 16.4. The average molecular weight is 457 g/mol. The summed E-state index contributed by atoms with van der Waals surface area (Å²) in [6.45, 7) is 0.721. The number of nitrogens with one attached hydrogen (secondary N) is 1. The van der Waals surface area contributed by atoms with Crippen molar-refractivity contribution in [2.45, 2.75) is 19.3 Å². The van der Waals surface area contributed by atoms with Crippen molar-refractivity contribution in [3.63, 3.8) is 0 Å². The summed E-state index contributed by atoms with van der Waals surface area (Å²) in [5, 5.41) is 1.99. The Morgan fingerprint density at radius 3 is 2.52 bits per heavy atom. The molecule has 0 atom stereocenters. The minimum absolute atomic E-state index is 0.721. The number of hydrogen-bond donors (Lipinski definition) is 2. The van der Waals surface area contributed by atoms with E-state index in [0.29, 0.717) is 0 Å². The maximum absolute atomic E-state index is 6.45. The summed E-state index contributed by atoms with van der Waals surface area (Å²) in [6.07, 6.45) is 3.06. The molecule has 0 spiro atoms. The zero-order chi connectivity index (χ0) is 16.4. The largest absolute Gasteiger partial charge is 0.354 e. The summed E-state index contributed by atoms with van der Waals surface area (Å²) in [7, 11) is 0. The smallest absolute Gasteiger partial charge is 0.0512 e. The Morgan fingerprint density at radius 1 is 1.00 bits per heavy atom. The van der Waals surface area contributed by atoms with Crippen molar-refractivity contribution in [2.75, 3.05) is 6.54 Å². The minimum atomic E-state index is 0.721. The lowest BCUT2D eigenvalue weighted by Crippen LogP contribution is -1.99. The topological polar surface area (TPSA) is 41.8 Å². The van der Waals surface area contributed by atoms with Gasteiger partial charge in [0, 0.05) is 30.4 Å². The number of nitrogens with two attached hydrogens (primary N) is 1. The van der Waals surface area contributed by atoms with Crippen molar-refractivity contribution < 1.29 is 0 Å². The first-order valence-corrected chi connectivity index (χ1v) is 9.52. The molecule has 5 heteroatoms. The predicted octanol–water partition coefficient (Wildman–Crippen LogP) is 6.29. The van der Waals surface area contributed by atoms with Crippen LogP contribution in [0.2, 0.25) is 5.02 Å². The molecule has 1 aromatic heterocycles. The SMILES string of the molecule is NCCCCc1c(-c2cc(Br)ccc2Cl)[nH]c2ccc(Br)cc12. The fourth-order valence-corrected chi connectivity index (χ4v) is 3.78. The number of fused-ring (bicyclic) bond motifs is 1. The van der Waals surface area contributed by atoms with E-state index < -0.39 is 0 Å². The number of unbranched alkanes of at least 4 members (excludes halogenated alkanes) is 1. The maximum atomic E-state index is 6.45. The maximum Gasteiger partial charge on any atom is 0.0512 e. The van der Waals surface area contributed by atoms with Crippen LogP contribution >= 0.6 is 43.5 Å². The van der Waals surface area contributed by atoms with E-state index in [1.54, 1.807) is 0 Å². The molecular weight excluding hydrogens is 439 g/mol. The molecule has 0 aliphatic carbocycles. The summed E-state index contributed by atoms with van der Waals surface area (Å²) in [5.41, 5.74) is 10.2. The van der Waals surface area contributed by atoms with Crippen molar-refractivity contribution in [1.82, 2.24) is 4.98 Å². The lowest BCUT2D eigenvalue weighted by molar-refractivity contribution is 0.748. The first-order valence-electron chi connectivity index (χ1n) is 7.55. The highest BCUT2D eigenvalue weighted by Crippen LogP contribution is 2.37. The molecule has 0 aliphatic heterocycles. The van der Waals surface area contributed by atoms with Gasteiger partial charge in [-0.05, 0) is 67.8 Å². The number of aromatic nitrogens is 1. The van der Waals surface area contributed by atoms with E-state index in [1.807, 2.05) is 12.1 Å². The van der Waals surface area contributed by atoms with E-state index in [0.717, 1.165) is 56.5 Å². The van der Waals surface area contributed by atoms with E-state index >= 15 is 0 Å². The van der Waals surface area contributed by atoms with Crippen molar-refractivity contribution in [3.8, 4) is 11.3 Å². The van der Waals surface area contributed by atoms with Crippen LogP contribution in [0.25, 0.3) is 22.2 Å². The Bertz CT molecular complexity index is 842. The van der Waals surface area contributed by atoms with Gasteiger partial charge in [-0.2, -0.15) is 0 Å². The summed E-state index contributed by atoms with van der Waals surface area (Å²) in [5.74, 6) is 0. The Balaban J connectivity index is 2.18. The number of aromatic amines is 1. The molecule has 0 saturated carbocycles. The van der Waals surface area contributed by atoms with Crippen LogP contribution < -0.4 is 5.73 Å². The van der Waals surface area contributed by atoms with Gasteiger partial charge in [-0.25, -0.2) is 0 Å². The second kappa shape index (κ2) is 7.39. The molecule has 3 rings (SSSR count). The molecule has 1 heterocycles. The van der Waals surface area contributed by atoms with Gasteiger partial charge in [0.2, 0.25) is 0 Å². The quantitative estimate of drug-likeness (QED) is 0.435. The Labute approximate surface area is 157 Å². The Kier molecular flexibility index (Phi) is 5.47. The highest BCUT2D eigenvalue weighted by molar-refractivity contribution is 9.10. The van der Waals surface area contributed by atoms with Crippen molar-refractivity contribution >= 4 is 54.4 Å². The minimum Gasteiger partial charge on any atom is -0.354 e. The normalized spacial score (nSPS) is 11.3. The van der Waals surface area contributed by atoms with Crippen LogP contribution in [0.1, 0.15) is 18.4 Å². The van der Waals surface area contributed by atoms with E-state index in [2.05, 4.69) is 61.1 Å². The molecule has 23 heavy (non-hydrogen) atoms. The van der Waals surface area contributed by atoms with Crippen molar-refractivity contribution in [1.29, 1.82) is 0 Å². The van der Waals surface area contributed by atoms with Gasteiger partial charge >= 0.3 is 0 Å². The first-order chi connectivity index (χ1) is 11.1. The second-order valence-corrected chi connectivity index (χ2v) is 7.78. The van der Waals surface area contributed by atoms with Crippen molar-refractivity contribution in [3.05, 3.63) is 55.9 Å². The van der Waals surface area contributed by atoms with E-state index in [4.69, 9.17) is 17.3 Å². The van der Waals surface area contributed by atoms with Crippen molar-refractivity contribution in [2.24, 2.45) is 5.73 Å². The number of benzene rings is 2. The van der Waals surface area contributed by atoms with Crippen LogP contribution in [0, 0.1) is 0 Å². The fraction of sp³-hybridized carbons (Fsp3) is 0.222. The Morgan fingerprint density at radius 2 is 1.74 bits per heavy atom. The predicted molar refractivity (Wildman–Crippen MR) is 106 cm³/mol. The average Bonchev–Trinajstić information content (AvgIpc) is 2.88. The molecule has 0 aliphatic rings. The number of aryl methyl sites for hydroxylation is 1. The summed E-state index contributed by atoms with van der Waals surface area (Å²) in [6, 6.07) is 12.3. The lowest BCUT2D eigenvalue weighted by atomic mass is 10.0. The zero-order valence-electron chi connectivity index (χ0n) is 12.5. The molecule has 120 valence electrons. The molecule has 2 aromatic carbocycles. The molecule has 0 unspecified atom stereocenters. The van der Waals surface area contributed by atoms with Gasteiger partial charge < -0.3 is 10.7 Å². The van der Waals surface area contributed by atoms with Gasteiger partial charge in [0.25, 0.3) is 0 Å². The lowest BCUT2D eigenvalue weighted by Gasteiger charge is -2.08. The molecule has 3 aromatic rings. The second-order valence-electron chi connectivity index (χ2n) is 5.54. The number of H-pyrrole nitrogens is 1. The van der Waals surface area contributed by atoms with Gasteiger partial charge in [0.15, 0.2) is 0 Å². The van der Waals surface area contributed by atoms with Crippen LogP contribution in [0.15, 0.2) is 45.3 Å². The van der Waals surface area contributed by atoms with Crippen LogP contribution in [0.5, 0.6) is 0 Å². The monoisotopic (exact) mass is 454 g/mol. The van der Waals surface area contributed by atoms with Crippen LogP contribution in [-0.2, 0) is 6.42 Å². The van der Waals surface area contributed by atoms with Crippen LogP contribution in [-0.4, -0.2) is 11.5 Å². The summed E-state index contributed by atoms with van der Waals surface area (Å²) < 4.78 is 2.10. The summed E-state index contributed by atoms with van der Waals surface area (Å²) >= 11 is 13.6. The van der Waals surface area contributed by atoms with Crippen LogP contribution in [0.3, 0.4) is 0 Å². The Hall–Kier alpha value is -0.810. The number of halogens is 3. The first kappa shape index (κ1) is 17.0. The van der Waals surface area contributed by atoms with Gasteiger partial charge in [0.05, 0.1) is 5.69 Å². The molecule has 0 radical (unpaired) electrons. The third-order valence-electron chi connectivity index (χ3n) is 3.95. The van der Waals surface area contributed by atoms with Crippen LogP contribution in [0.4, 0.5) is 0 Å². The molecule has 0 amide bonds. The van der Waals surface area contributed by atoms with Gasteiger partial charge in [-0.3, -0.25) is 0 Å². The molecule has 2 nitrogen and oxygen atoms in total. The van der Waals surface area contributed by atoms with Gasteiger partial charge in [0.1, 0.15) is 0 Å². The highest BCUT2D eigenvalue weighted by atomic mass is 79.9. The third-order valence-corrected chi connectivity index (χ3v) is 5.26. The molecule has 0 saturated heterocycles. The summed E-state index contributed by atoms with van der Waals surface area (Å²) in [4.78, 5) is 3.55. The molecular formula is C18H17Br2ClN2. The van der Waals surface area contributed by atoms with E-state index in [1.165, 1.54) is 10.9 Å². The number of hydrogen-bond acceptors (Lipinski definition) is 1. The molecule has 3 N–H and O–H groups in total. The van der Waals surface area contributed by atoms with Gasteiger partial charge in [-0.1, -0.05) is 43.5 Å². The highest BCUT2D eigenvalue weighted by Gasteiger charge is 2.16.